The fraction of sp³-hybridized carbons (Fsp3) is 0.286. The lowest BCUT2D eigenvalue weighted by molar-refractivity contribution is -0.384. The van der Waals surface area contributed by atoms with Crippen LogP contribution in [0.3, 0.4) is 0 Å². The number of nitro benzene ring substituents is 1. The smallest absolute Gasteiger partial charge is 0.270 e. The molecule has 0 fully saturated rings. The van der Waals surface area contributed by atoms with Crippen LogP contribution in [0.15, 0.2) is 53.7 Å². The molecule has 1 heterocycles. The van der Waals surface area contributed by atoms with Crippen molar-refractivity contribution in [2.24, 2.45) is 7.05 Å². The molecule has 0 spiro atoms. The molecule has 0 unspecified atom stereocenters. The van der Waals surface area contributed by atoms with Gasteiger partial charge in [0.15, 0.2) is 16.8 Å². The van der Waals surface area contributed by atoms with Crippen LogP contribution in [0, 0.1) is 10.1 Å². The van der Waals surface area contributed by atoms with E-state index < -0.39 is 4.92 Å². The average Bonchev–Trinajstić information content (AvgIpc) is 3.06. The first-order valence-corrected chi connectivity index (χ1v) is 10.1. The van der Waals surface area contributed by atoms with E-state index in [1.807, 2.05) is 23.7 Å². The van der Waals surface area contributed by atoms with Gasteiger partial charge >= 0.3 is 0 Å². The van der Waals surface area contributed by atoms with Gasteiger partial charge in [0.2, 0.25) is 0 Å². The Balaban J connectivity index is 1.72. The van der Waals surface area contributed by atoms with Crippen LogP contribution in [-0.2, 0) is 12.5 Å². The highest BCUT2D eigenvalue weighted by Gasteiger charge is 2.17. The summed E-state index contributed by atoms with van der Waals surface area (Å²) in [5.41, 5.74) is 2.48. The number of non-ortho nitro benzene ring substituents is 1. The second-order valence-corrected chi connectivity index (χ2v) is 8.65. The van der Waals surface area contributed by atoms with Gasteiger partial charge < -0.3 is 4.57 Å². The molecule has 3 aromatic rings. The van der Waals surface area contributed by atoms with E-state index in [9.17, 15) is 14.9 Å². The van der Waals surface area contributed by atoms with Gasteiger partial charge in [-0.15, -0.1) is 10.2 Å². The molecule has 8 heteroatoms. The molecular formula is C21H22N4O3S. The number of benzene rings is 2. The number of hydrogen-bond donors (Lipinski definition) is 0. The molecule has 0 aliphatic rings. The molecule has 0 saturated heterocycles. The van der Waals surface area contributed by atoms with Crippen molar-refractivity contribution in [1.82, 2.24) is 14.8 Å². The second-order valence-electron chi connectivity index (χ2n) is 7.71. The number of nitrogens with zero attached hydrogens (tertiary/aromatic N) is 4. The monoisotopic (exact) mass is 410 g/mol. The minimum atomic E-state index is -0.510. The van der Waals surface area contributed by atoms with Gasteiger partial charge in [0.25, 0.3) is 5.69 Å². The predicted molar refractivity (Wildman–Crippen MR) is 113 cm³/mol. The van der Waals surface area contributed by atoms with Crippen molar-refractivity contribution in [3.63, 3.8) is 0 Å². The Morgan fingerprint density at radius 1 is 1.14 bits per heavy atom. The topological polar surface area (TPSA) is 90.9 Å². The Labute approximate surface area is 173 Å². The van der Waals surface area contributed by atoms with Crippen LogP contribution >= 0.6 is 11.8 Å². The zero-order valence-electron chi connectivity index (χ0n) is 16.7. The van der Waals surface area contributed by atoms with Crippen LogP contribution < -0.4 is 0 Å². The van der Waals surface area contributed by atoms with E-state index in [0.717, 1.165) is 11.4 Å². The number of Topliss-reactive ketones (excluding diaryl/α,β-unsaturated/α-hetero) is 1. The van der Waals surface area contributed by atoms with Crippen molar-refractivity contribution in [2.75, 3.05) is 5.75 Å². The Morgan fingerprint density at radius 2 is 1.83 bits per heavy atom. The summed E-state index contributed by atoms with van der Waals surface area (Å²) in [6.07, 6.45) is 0. The van der Waals surface area contributed by atoms with Crippen LogP contribution in [0.25, 0.3) is 11.4 Å². The zero-order chi connectivity index (χ0) is 21.2. The van der Waals surface area contributed by atoms with Crippen LogP contribution in [0.4, 0.5) is 5.69 Å². The molecule has 0 aliphatic heterocycles. The summed E-state index contributed by atoms with van der Waals surface area (Å²) in [5, 5.41) is 19.9. The van der Waals surface area contributed by atoms with Gasteiger partial charge in [-0.1, -0.05) is 68.9 Å². The molecule has 0 saturated carbocycles. The molecule has 2 aromatic carbocycles. The van der Waals surface area contributed by atoms with Crippen LogP contribution in [-0.4, -0.2) is 31.2 Å². The molecule has 0 radical (unpaired) electrons. The second kappa shape index (κ2) is 8.16. The summed E-state index contributed by atoms with van der Waals surface area (Å²) in [6, 6.07) is 14.0. The molecule has 1 aromatic heterocycles. The standard InChI is InChI=1S/C21H22N4O3S/c1-21(2,3)16-10-8-14(9-11-16)19-22-23-20(24(19)4)29-13-18(26)15-6-5-7-17(12-15)25(27)28/h5-12H,13H2,1-4H3. The van der Waals surface area contributed by atoms with Crippen LogP contribution in [0.2, 0.25) is 0 Å². The molecule has 0 N–H and O–H groups in total. The lowest BCUT2D eigenvalue weighted by Gasteiger charge is -2.19. The van der Waals surface area contributed by atoms with E-state index in [1.54, 1.807) is 6.07 Å². The van der Waals surface area contributed by atoms with Crippen molar-refractivity contribution in [3.05, 3.63) is 69.8 Å². The van der Waals surface area contributed by atoms with Gasteiger partial charge in [-0.05, 0) is 11.0 Å². The van der Waals surface area contributed by atoms with Crippen molar-refractivity contribution < 1.29 is 9.72 Å². The van der Waals surface area contributed by atoms with Gasteiger partial charge in [-0.2, -0.15) is 0 Å². The molecule has 0 bridgehead atoms. The van der Waals surface area contributed by atoms with Crippen molar-refractivity contribution in [3.8, 4) is 11.4 Å². The van der Waals surface area contributed by atoms with Crippen LogP contribution in [0.1, 0.15) is 36.7 Å². The fourth-order valence-electron chi connectivity index (χ4n) is 2.82. The number of hydrogen-bond acceptors (Lipinski definition) is 6. The van der Waals surface area contributed by atoms with Gasteiger partial charge in [0, 0.05) is 30.3 Å². The highest BCUT2D eigenvalue weighted by atomic mass is 32.2. The van der Waals surface area contributed by atoms with Gasteiger partial charge in [0.05, 0.1) is 10.7 Å². The minimum Gasteiger partial charge on any atom is -0.305 e. The molecule has 0 aliphatic carbocycles. The SMILES string of the molecule is Cn1c(SCC(=O)c2cccc([N+](=O)[O-])c2)nnc1-c1ccc(C(C)(C)C)cc1. The molecule has 0 amide bonds. The first-order chi connectivity index (χ1) is 13.7. The van der Waals surface area contributed by atoms with Crippen molar-refractivity contribution >= 4 is 23.2 Å². The summed E-state index contributed by atoms with van der Waals surface area (Å²) < 4.78 is 1.84. The maximum Gasteiger partial charge on any atom is 0.270 e. The average molecular weight is 410 g/mol. The number of nitro groups is 1. The minimum absolute atomic E-state index is 0.0757. The van der Waals surface area contributed by atoms with E-state index in [2.05, 4.69) is 43.1 Å². The van der Waals surface area contributed by atoms with Gasteiger partial charge in [0.1, 0.15) is 0 Å². The Kier molecular flexibility index (Phi) is 5.83. The third-order valence-corrected chi connectivity index (χ3v) is 5.58. The van der Waals surface area contributed by atoms with Crippen molar-refractivity contribution in [1.29, 1.82) is 0 Å². The molecule has 3 rings (SSSR count). The first kappa shape index (κ1) is 20.7. The normalized spacial score (nSPS) is 11.4. The third-order valence-electron chi connectivity index (χ3n) is 4.56. The first-order valence-electron chi connectivity index (χ1n) is 9.07. The molecule has 0 atom stereocenters. The summed E-state index contributed by atoms with van der Waals surface area (Å²) in [6.45, 7) is 6.49. The maximum atomic E-state index is 12.4. The third kappa shape index (κ3) is 4.71. The summed E-state index contributed by atoms with van der Waals surface area (Å²) in [4.78, 5) is 22.8. The molecule has 7 nitrogen and oxygen atoms in total. The Morgan fingerprint density at radius 3 is 2.45 bits per heavy atom. The Bertz CT molecular complexity index is 1050. The predicted octanol–water partition coefficient (Wildman–Crippen LogP) is 4.66. The number of ketones is 1. The lowest BCUT2D eigenvalue weighted by atomic mass is 9.87. The van der Waals surface area contributed by atoms with E-state index in [-0.39, 0.29) is 22.6 Å². The zero-order valence-corrected chi connectivity index (χ0v) is 17.6. The lowest BCUT2D eigenvalue weighted by Crippen LogP contribution is -2.10. The van der Waals surface area contributed by atoms with E-state index >= 15 is 0 Å². The number of thioether (sulfide) groups is 1. The molecule has 150 valence electrons. The largest absolute Gasteiger partial charge is 0.305 e. The summed E-state index contributed by atoms with van der Waals surface area (Å²) in [7, 11) is 1.85. The quantitative estimate of drug-likeness (QED) is 0.254. The van der Waals surface area contributed by atoms with E-state index in [0.29, 0.717) is 10.7 Å². The van der Waals surface area contributed by atoms with Crippen molar-refractivity contribution in [2.45, 2.75) is 31.3 Å². The highest BCUT2D eigenvalue weighted by molar-refractivity contribution is 7.99. The van der Waals surface area contributed by atoms with E-state index in [4.69, 9.17) is 0 Å². The maximum absolute atomic E-state index is 12.4. The summed E-state index contributed by atoms with van der Waals surface area (Å²) >= 11 is 1.26. The number of aromatic nitrogens is 3. The van der Waals surface area contributed by atoms with Crippen LogP contribution in [0.5, 0.6) is 0 Å². The highest BCUT2D eigenvalue weighted by Crippen LogP contribution is 2.27. The summed E-state index contributed by atoms with van der Waals surface area (Å²) in [5.74, 6) is 0.643. The van der Waals surface area contributed by atoms with Gasteiger partial charge in [-0.3, -0.25) is 14.9 Å². The Hall–Kier alpha value is -3.00. The number of rotatable bonds is 6. The van der Waals surface area contributed by atoms with Gasteiger partial charge in [-0.25, -0.2) is 0 Å². The number of carbonyl (C=O) groups is 1. The molecule has 29 heavy (non-hydrogen) atoms. The fourth-order valence-corrected chi connectivity index (χ4v) is 3.62. The molecular weight excluding hydrogens is 388 g/mol. The van der Waals surface area contributed by atoms with E-state index in [1.165, 1.54) is 35.5 Å². The number of carbonyl (C=O) groups excluding carboxylic acids is 1.